The maximum absolute atomic E-state index is 2.61. The third-order valence-electron chi connectivity index (χ3n) is 3.62. The maximum Gasteiger partial charge on any atom is 0.00414 e. The summed E-state index contributed by atoms with van der Waals surface area (Å²) in [5.74, 6) is 0.903. The van der Waals surface area contributed by atoms with E-state index in [-0.39, 0.29) is 0 Å². The summed E-state index contributed by atoms with van der Waals surface area (Å²) in [7, 11) is 0. The van der Waals surface area contributed by atoms with E-state index in [1.807, 2.05) is 0 Å². The molecule has 10 heavy (non-hydrogen) atoms. The monoisotopic (exact) mass is 139 g/mol. The Kier molecular flexibility index (Phi) is 1.31. The zero-order valence-electron chi connectivity index (χ0n) is 7.06. The highest BCUT2D eigenvalue weighted by Gasteiger charge is 2.45. The maximum atomic E-state index is 2.61. The summed E-state index contributed by atoms with van der Waals surface area (Å²) in [4.78, 5) is 2.61. The molecule has 58 valence electrons. The van der Waals surface area contributed by atoms with E-state index in [0.29, 0.717) is 0 Å². The normalized spacial score (nSPS) is 45.3. The van der Waals surface area contributed by atoms with Gasteiger partial charge in [0.05, 0.1) is 0 Å². The van der Waals surface area contributed by atoms with Crippen LogP contribution in [0.3, 0.4) is 0 Å². The molecule has 2 rings (SSSR count). The minimum atomic E-state index is 0.736. The summed E-state index contributed by atoms with van der Waals surface area (Å²) >= 11 is 0. The smallest absolute Gasteiger partial charge is 0.00414 e. The first-order valence-electron chi connectivity index (χ1n) is 4.45. The third kappa shape index (κ3) is 0.731. The predicted molar refractivity (Wildman–Crippen MR) is 42.9 cm³/mol. The zero-order valence-corrected chi connectivity index (χ0v) is 7.06. The van der Waals surface area contributed by atoms with E-state index in [0.717, 1.165) is 11.3 Å². The van der Waals surface area contributed by atoms with Gasteiger partial charge in [-0.05, 0) is 37.3 Å². The molecule has 2 aliphatic heterocycles. The number of nitrogens with zero attached hydrogens (tertiary/aromatic N) is 1. The van der Waals surface area contributed by atoms with E-state index in [1.54, 1.807) is 0 Å². The van der Waals surface area contributed by atoms with Crippen LogP contribution in [0.1, 0.15) is 26.7 Å². The van der Waals surface area contributed by atoms with Gasteiger partial charge in [0.25, 0.3) is 0 Å². The molecule has 2 fully saturated rings. The van der Waals surface area contributed by atoms with Crippen molar-refractivity contribution in [1.29, 1.82) is 0 Å². The molecular weight excluding hydrogens is 122 g/mol. The molecule has 2 heterocycles. The Morgan fingerprint density at radius 3 is 2.00 bits per heavy atom. The summed E-state index contributed by atoms with van der Waals surface area (Å²) in [5.41, 5.74) is 0.736. The molecule has 0 radical (unpaired) electrons. The topological polar surface area (TPSA) is 3.24 Å². The molecule has 1 heteroatoms. The van der Waals surface area contributed by atoms with Crippen molar-refractivity contribution in [3.63, 3.8) is 0 Å². The molecule has 2 bridgehead atoms. The Balaban J connectivity index is 2.15. The molecule has 0 aromatic heterocycles. The predicted octanol–water partition coefficient (Wildman–Crippen LogP) is 1.74. The molecular formula is C9H17N. The first kappa shape index (κ1) is 6.66. The number of hydrogen-bond acceptors (Lipinski definition) is 1. The van der Waals surface area contributed by atoms with E-state index in [1.165, 1.54) is 32.5 Å². The highest BCUT2D eigenvalue weighted by Crippen LogP contribution is 2.45. The molecule has 0 saturated carbocycles. The van der Waals surface area contributed by atoms with Gasteiger partial charge in [0.2, 0.25) is 0 Å². The lowest BCUT2D eigenvalue weighted by Crippen LogP contribution is -2.25. The van der Waals surface area contributed by atoms with Gasteiger partial charge in [-0.2, -0.15) is 0 Å². The summed E-state index contributed by atoms with van der Waals surface area (Å²) in [5, 5.41) is 0. The van der Waals surface area contributed by atoms with E-state index >= 15 is 0 Å². The van der Waals surface area contributed by atoms with E-state index in [9.17, 15) is 0 Å². The second kappa shape index (κ2) is 1.97. The second-order valence-corrected chi connectivity index (χ2v) is 4.29. The van der Waals surface area contributed by atoms with Crippen LogP contribution in [0.15, 0.2) is 0 Å². The van der Waals surface area contributed by atoms with Gasteiger partial charge >= 0.3 is 0 Å². The van der Waals surface area contributed by atoms with Gasteiger partial charge in [-0.3, -0.25) is 0 Å². The molecule has 2 saturated heterocycles. The van der Waals surface area contributed by atoms with Gasteiger partial charge < -0.3 is 4.90 Å². The quantitative estimate of drug-likeness (QED) is 0.535. The number of piperidine rings is 1. The first-order valence-corrected chi connectivity index (χ1v) is 4.45. The van der Waals surface area contributed by atoms with Gasteiger partial charge in [-0.1, -0.05) is 13.8 Å². The number of hydrogen-bond donors (Lipinski definition) is 0. The molecule has 0 aliphatic carbocycles. The van der Waals surface area contributed by atoms with Gasteiger partial charge in [-0.15, -0.1) is 0 Å². The standard InChI is InChI=1S/C9H17N/c1-8(2)9-3-5-10(7-9)6-4-9/h8H,3-7H2,1-2H3. The van der Waals surface area contributed by atoms with Gasteiger partial charge in [0, 0.05) is 6.54 Å². The van der Waals surface area contributed by atoms with Crippen molar-refractivity contribution in [3.8, 4) is 0 Å². The van der Waals surface area contributed by atoms with Crippen LogP contribution in [0.25, 0.3) is 0 Å². The van der Waals surface area contributed by atoms with Crippen LogP contribution in [-0.2, 0) is 0 Å². The Hall–Kier alpha value is -0.0400. The fourth-order valence-corrected chi connectivity index (χ4v) is 2.52. The summed E-state index contributed by atoms with van der Waals surface area (Å²) in [6.07, 6.45) is 2.93. The fraction of sp³-hybridized carbons (Fsp3) is 1.00. The summed E-state index contributed by atoms with van der Waals surface area (Å²) in [6.45, 7) is 8.91. The Morgan fingerprint density at radius 2 is 1.80 bits per heavy atom. The molecule has 2 aliphatic rings. The highest BCUT2D eigenvalue weighted by molar-refractivity contribution is 4.97. The van der Waals surface area contributed by atoms with Crippen molar-refractivity contribution >= 4 is 0 Å². The lowest BCUT2D eigenvalue weighted by molar-refractivity contribution is 0.225. The first-order chi connectivity index (χ1) is 4.73. The largest absolute Gasteiger partial charge is 0.303 e. The number of rotatable bonds is 1. The SMILES string of the molecule is CC(C)C12CCN(CC1)C2. The minimum absolute atomic E-state index is 0.736. The van der Waals surface area contributed by atoms with Crippen LogP contribution in [-0.4, -0.2) is 24.5 Å². The molecule has 0 amide bonds. The van der Waals surface area contributed by atoms with E-state index in [2.05, 4.69) is 18.7 Å². The van der Waals surface area contributed by atoms with Crippen molar-refractivity contribution in [2.24, 2.45) is 11.3 Å². The van der Waals surface area contributed by atoms with Crippen molar-refractivity contribution in [3.05, 3.63) is 0 Å². The molecule has 0 atom stereocenters. The molecule has 0 aromatic carbocycles. The summed E-state index contributed by atoms with van der Waals surface area (Å²) < 4.78 is 0. The Morgan fingerprint density at radius 1 is 1.20 bits per heavy atom. The highest BCUT2D eigenvalue weighted by atomic mass is 15.2. The molecule has 0 aromatic rings. The third-order valence-corrected chi connectivity index (χ3v) is 3.62. The number of fused-ring (bicyclic) bond motifs is 2. The second-order valence-electron chi connectivity index (χ2n) is 4.29. The lowest BCUT2D eigenvalue weighted by Gasteiger charge is -2.29. The average Bonchev–Trinajstić information content (AvgIpc) is 2.45. The van der Waals surface area contributed by atoms with Crippen LogP contribution < -0.4 is 0 Å². The van der Waals surface area contributed by atoms with Crippen LogP contribution in [0.5, 0.6) is 0 Å². The van der Waals surface area contributed by atoms with Crippen molar-refractivity contribution in [2.75, 3.05) is 19.6 Å². The van der Waals surface area contributed by atoms with Gasteiger partial charge in [0.15, 0.2) is 0 Å². The Labute approximate surface area is 63.4 Å². The Bertz CT molecular complexity index is 132. The minimum Gasteiger partial charge on any atom is -0.303 e. The lowest BCUT2D eigenvalue weighted by atomic mass is 9.75. The average molecular weight is 139 g/mol. The van der Waals surface area contributed by atoms with Crippen molar-refractivity contribution in [2.45, 2.75) is 26.7 Å². The summed E-state index contributed by atoms with van der Waals surface area (Å²) in [6, 6.07) is 0. The van der Waals surface area contributed by atoms with Gasteiger partial charge in [0.1, 0.15) is 0 Å². The molecule has 0 unspecified atom stereocenters. The van der Waals surface area contributed by atoms with Crippen LogP contribution in [0, 0.1) is 11.3 Å². The zero-order chi connectivity index (χ0) is 7.19. The van der Waals surface area contributed by atoms with E-state index < -0.39 is 0 Å². The van der Waals surface area contributed by atoms with Gasteiger partial charge in [-0.25, -0.2) is 0 Å². The molecule has 0 spiro atoms. The van der Waals surface area contributed by atoms with E-state index in [4.69, 9.17) is 0 Å². The van der Waals surface area contributed by atoms with Crippen LogP contribution in [0.4, 0.5) is 0 Å². The van der Waals surface area contributed by atoms with Crippen molar-refractivity contribution in [1.82, 2.24) is 4.90 Å². The fourth-order valence-electron chi connectivity index (χ4n) is 2.52. The molecule has 1 nitrogen and oxygen atoms in total. The van der Waals surface area contributed by atoms with Crippen molar-refractivity contribution < 1.29 is 0 Å². The van der Waals surface area contributed by atoms with Crippen LogP contribution >= 0.6 is 0 Å². The molecule has 0 N–H and O–H groups in total. The van der Waals surface area contributed by atoms with Crippen LogP contribution in [0.2, 0.25) is 0 Å².